The van der Waals surface area contributed by atoms with E-state index < -0.39 is 0 Å². The van der Waals surface area contributed by atoms with Crippen molar-refractivity contribution < 1.29 is 0 Å². The van der Waals surface area contributed by atoms with Crippen molar-refractivity contribution in [1.29, 1.82) is 0 Å². The van der Waals surface area contributed by atoms with Crippen LogP contribution in [0.25, 0.3) is 33.0 Å². The van der Waals surface area contributed by atoms with E-state index in [1.165, 1.54) is 66.7 Å². The van der Waals surface area contributed by atoms with E-state index in [1.54, 1.807) is 0 Å². The largest absolute Gasteiger partial charge is 0.310 e. The fourth-order valence-corrected chi connectivity index (χ4v) is 7.50. The summed E-state index contributed by atoms with van der Waals surface area (Å²) in [6, 6.07) is 47.3. The SMILES string of the molecule is CC1(C)c2ccccc2-c2cc(N(c3ccccc3)c3cccc4cc5c(cc34)C(C)(C)c3ccccc3-5)ccc21. The lowest BCUT2D eigenvalue weighted by Crippen LogP contribution is -2.16. The quantitative estimate of drug-likeness (QED) is 0.221. The molecule has 0 heterocycles. The van der Waals surface area contributed by atoms with Gasteiger partial charge in [0.05, 0.1) is 5.69 Å². The Bertz CT molecular complexity index is 1990. The first kappa shape index (κ1) is 24.2. The molecule has 0 aromatic heterocycles. The summed E-state index contributed by atoms with van der Waals surface area (Å²) in [6.45, 7) is 9.41. The van der Waals surface area contributed by atoms with Crippen LogP contribution >= 0.6 is 0 Å². The molecule has 2 aliphatic carbocycles. The summed E-state index contributed by atoms with van der Waals surface area (Å²) in [5.41, 5.74) is 14.5. The summed E-state index contributed by atoms with van der Waals surface area (Å²) in [6.07, 6.45) is 0. The molecule has 2 aliphatic rings. The Labute approximate surface area is 242 Å². The van der Waals surface area contributed by atoms with E-state index in [4.69, 9.17) is 0 Å². The summed E-state index contributed by atoms with van der Waals surface area (Å²) >= 11 is 0. The van der Waals surface area contributed by atoms with Gasteiger partial charge in [-0.1, -0.05) is 113 Å². The zero-order valence-corrected chi connectivity index (χ0v) is 24.1. The number of rotatable bonds is 3. The minimum atomic E-state index is -0.0479. The average molecular weight is 528 g/mol. The van der Waals surface area contributed by atoms with Gasteiger partial charge in [-0.25, -0.2) is 0 Å². The Morgan fingerprint density at radius 3 is 1.71 bits per heavy atom. The van der Waals surface area contributed by atoms with Crippen molar-refractivity contribution in [3.8, 4) is 22.3 Å². The molecule has 6 aromatic carbocycles. The maximum atomic E-state index is 2.46. The van der Waals surface area contributed by atoms with E-state index in [1.807, 2.05) is 0 Å². The first-order chi connectivity index (χ1) is 19.9. The molecule has 8 rings (SSSR count). The first-order valence-corrected chi connectivity index (χ1v) is 14.6. The van der Waals surface area contributed by atoms with Crippen molar-refractivity contribution in [2.75, 3.05) is 4.90 Å². The predicted molar refractivity (Wildman–Crippen MR) is 174 cm³/mol. The third-order valence-electron chi connectivity index (χ3n) is 9.64. The molecule has 0 unspecified atom stereocenters. The van der Waals surface area contributed by atoms with Crippen molar-refractivity contribution in [1.82, 2.24) is 0 Å². The van der Waals surface area contributed by atoms with Crippen LogP contribution in [0.15, 0.2) is 127 Å². The van der Waals surface area contributed by atoms with Crippen molar-refractivity contribution in [3.63, 3.8) is 0 Å². The maximum absolute atomic E-state index is 2.46. The van der Waals surface area contributed by atoms with Crippen molar-refractivity contribution in [2.45, 2.75) is 38.5 Å². The second kappa shape index (κ2) is 8.44. The van der Waals surface area contributed by atoms with Crippen LogP contribution in [0.5, 0.6) is 0 Å². The van der Waals surface area contributed by atoms with E-state index in [9.17, 15) is 0 Å². The fourth-order valence-electron chi connectivity index (χ4n) is 7.50. The molecule has 1 nitrogen and oxygen atoms in total. The maximum Gasteiger partial charge on any atom is 0.0540 e. The molecule has 41 heavy (non-hydrogen) atoms. The highest BCUT2D eigenvalue weighted by molar-refractivity contribution is 6.03. The molecule has 0 amide bonds. The van der Waals surface area contributed by atoms with Gasteiger partial charge >= 0.3 is 0 Å². The van der Waals surface area contributed by atoms with Gasteiger partial charge in [0.1, 0.15) is 0 Å². The molecule has 0 saturated heterocycles. The number of hydrogen-bond acceptors (Lipinski definition) is 1. The molecule has 0 saturated carbocycles. The molecule has 198 valence electrons. The zero-order chi connectivity index (χ0) is 27.9. The van der Waals surface area contributed by atoms with Gasteiger partial charge in [-0.05, 0) is 92.4 Å². The molecular formula is C40H33N. The number of para-hydroxylation sites is 1. The van der Waals surface area contributed by atoms with Gasteiger partial charge in [0.2, 0.25) is 0 Å². The van der Waals surface area contributed by atoms with Gasteiger partial charge in [0.25, 0.3) is 0 Å². The first-order valence-electron chi connectivity index (χ1n) is 14.6. The standard InChI is InChI=1S/C40H33N/c1-39(2)34-18-10-9-17-30(34)33-24-28(21-22-36(33)39)41(27-14-6-5-7-15-27)38-20-12-13-26-23-32-29-16-8-11-19-35(29)40(3,4)37(32)25-31(26)38/h5-25H,1-4H3. The number of benzene rings is 6. The second-order valence-corrected chi connectivity index (χ2v) is 12.6. The van der Waals surface area contributed by atoms with Crippen LogP contribution in [0.3, 0.4) is 0 Å². The number of anilines is 3. The Balaban J connectivity index is 1.37. The predicted octanol–water partition coefficient (Wildman–Crippen LogP) is 10.9. The summed E-state index contributed by atoms with van der Waals surface area (Å²) in [5, 5.41) is 2.54. The van der Waals surface area contributed by atoms with E-state index in [2.05, 4.69) is 160 Å². The summed E-state index contributed by atoms with van der Waals surface area (Å²) in [4.78, 5) is 2.44. The van der Waals surface area contributed by atoms with Gasteiger partial charge in [-0.2, -0.15) is 0 Å². The summed E-state index contributed by atoms with van der Waals surface area (Å²) in [5.74, 6) is 0. The third kappa shape index (κ3) is 3.36. The molecule has 0 radical (unpaired) electrons. The lowest BCUT2D eigenvalue weighted by Gasteiger charge is -2.29. The van der Waals surface area contributed by atoms with Crippen molar-refractivity contribution in [3.05, 3.63) is 150 Å². The molecule has 0 aliphatic heterocycles. The lowest BCUT2D eigenvalue weighted by atomic mass is 9.82. The monoisotopic (exact) mass is 527 g/mol. The number of nitrogens with zero attached hydrogens (tertiary/aromatic N) is 1. The van der Waals surface area contributed by atoms with E-state index in [-0.39, 0.29) is 10.8 Å². The molecule has 6 aromatic rings. The molecular weight excluding hydrogens is 494 g/mol. The second-order valence-electron chi connectivity index (χ2n) is 12.6. The third-order valence-corrected chi connectivity index (χ3v) is 9.64. The van der Waals surface area contributed by atoms with Crippen LogP contribution < -0.4 is 4.90 Å². The van der Waals surface area contributed by atoms with E-state index in [0.717, 1.165) is 5.69 Å². The summed E-state index contributed by atoms with van der Waals surface area (Å²) in [7, 11) is 0. The molecule has 0 atom stereocenters. The van der Waals surface area contributed by atoms with Crippen LogP contribution in [0.1, 0.15) is 49.9 Å². The Morgan fingerprint density at radius 2 is 1.00 bits per heavy atom. The van der Waals surface area contributed by atoms with Crippen LogP contribution in [-0.2, 0) is 10.8 Å². The number of hydrogen-bond donors (Lipinski definition) is 0. The molecule has 0 spiro atoms. The van der Waals surface area contributed by atoms with Crippen LogP contribution in [0.4, 0.5) is 17.1 Å². The van der Waals surface area contributed by atoms with E-state index in [0.29, 0.717) is 0 Å². The zero-order valence-electron chi connectivity index (χ0n) is 24.1. The van der Waals surface area contributed by atoms with Gasteiger partial charge in [0.15, 0.2) is 0 Å². The number of fused-ring (bicyclic) bond motifs is 7. The van der Waals surface area contributed by atoms with E-state index >= 15 is 0 Å². The average Bonchev–Trinajstić information content (AvgIpc) is 3.36. The van der Waals surface area contributed by atoms with Gasteiger partial charge in [0, 0.05) is 27.6 Å². The Kier molecular flexibility index (Phi) is 4.98. The normalized spacial score (nSPS) is 15.2. The highest BCUT2D eigenvalue weighted by atomic mass is 15.1. The highest BCUT2D eigenvalue weighted by Crippen LogP contribution is 2.53. The van der Waals surface area contributed by atoms with Gasteiger partial charge in [-0.15, -0.1) is 0 Å². The minimum Gasteiger partial charge on any atom is -0.310 e. The van der Waals surface area contributed by atoms with Crippen molar-refractivity contribution >= 4 is 27.8 Å². The minimum absolute atomic E-state index is 0.0113. The fraction of sp³-hybridized carbons (Fsp3) is 0.150. The van der Waals surface area contributed by atoms with Crippen LogP contribution in [0, 0.1) is 0 Å². The molecule has 0 N–H and O–H groups in total. The topological polar surface area (TPSA) is 3.24 Å². The molecule has 0 fully saturated rings. The van der Waals surface area contributed by atoms with Crippen LogP contribution in [0.2, 0.25) is 0 Å². The molecule has 0 bridgehead atoms. The molecule has 1 heteroatoms. The van der Waals surface area contributed by atoms with Gasteiger partial charge in [-0.3, -0.25) is 0 Å². The smallest absolute Gasteiger partial charge is 0.0540 e. The van der Waals surface area contributed by atoms with Crippen molar-refractivity contribution in [2.24, 2.45) is 0 Å². The Hall–Kier alpha value is -4.62. The summed E-state index contributed by atoms with van der Waals surface area (Å²) < 4.78 is 0. The highest BCUT2D eigenvalue weighted by Gasteiger charge is 2.37. The van der Waals surface area contributed by atoms with Gasteiger partial charge < -0.3 is 4.90 Å². The van der Waals surface area contributed by atoms with Crippen LogP contribution in [-0.4, -0.2) is 0 Å². The lowest BCUT2D eigenvalue weighted by molar-refractivity contribution is 0.660. The Morgan fingerprint density at radius 1 is 0.415 bits per heavy atom.